The van der Waals surface area contributed by atoms with Crippen LogP contribution in [0.15, 0.2) is 33.8 Å². The van der Waals surface area contributed by atoms with Crippen LogP contribution in [0.2, 0.25) is 0 Å². The highest BCUT2D eigenvalue weighted by molar-refractivity contribution is 9.10. The summed E-state index contributed by atoms with van der Waals surface area (Å²) in [4.78, 5) is 14.4. The Morgan fingerprint density at radius 2 is 2.45 bits per heavy atom. The number of hydrogen-bond donors (Lipinski definition) is 0. The minimum absolute atomic E-state index is 0.0332. The Hall–Kier alpha value is -1.56. The van der Waals surface area contributed by atoms with Crippen LogP contribution in [-0.4, -0.2) is 33.2 Å². The van der Waals surface area contributed by atoms with Crippen LogP contribution in [0.1, 0.15) is 28.8 Å². The van der Waals surface area contributed by atoms with Crippen molar-refractivity contribution in [1.82, 2.24) is 14.7 Å². The van der Waals surface area contributed by atoms with E-state index in [4.69, 9.17) is 4.42 Å². The Kier molecular flexibility index (Phi) is 3.65. The van der Waals surface area contributed by atoms with Crippen LogP contribution in [0.25, 0.3) is 0 Å². The Morgan fingerprint density at radius 1 is 1.60 bits per heavy atom. The molecule has 20 heavy (non-hydrogen) atoms. The van der Waals surface area contributed by atoms with Gasteiger partial charge in [0.2, 0.25) is 0 Å². The summed E-state index contributed by atoms with van der Waals surface area (Å²) in [7, 11) is 0. The van der Waals surface area contributed by atoms with Crippen LogP contribution in [0.4, 0.5) is 0 Å². The van der Waals surface area contributed by atoms with E-state index in [-0.39, 0.29) is 11.9 Å². The van der Waals surface area contributed by atoms with Gasteiger partial charge in [-0.3, -0.25) is 9.48 Å². The zero-order valence-electron chi connectivity index (χ0n) is 11.3. The van der Waals surface area contributed by atoms with Gasteiger partial charge < -0.3 is 9.32 Å². The van der Waals surface area contributed by atoms with E-state index in [2.05, 4.69) is 21.0 Å². The summed E-state index contributed by atoms with van der Waals surface area (Å²) in [5.74, 6) is 0.0332. The van der Waals surface area contributed by atoms with Gasteiger partial charge in [0.15, 0.2) is 4.67 Å². The van der Waals surface area contributed by atoms with Crippen LogP contribution < -0.4 is 0 Å². The lowest BCUT2D eigenvalue weighted by Gasteiger charge is -2.24. The first-order chi connectivity index (χ1) is 9.63. The van der Waals surface area contributed by atoms with Gasteiger partial charge in [-0.2, -0.15) is 5.10 Å². The molecule has 0 saturated carbocycles. The Labute approximate surface area is 125 Å². The first-order valence-corrected chi connectivity index (χ1v) is 7.47. The van der Waals surface area contributed by atoms with E-state index in [0.717, 1.165) is 31.5 Å². The zero-order chi connectivity index (χ0) is 14.1. The number of furan rings is 1. The Balaban J connectivity index is 1.73. The molecule has 106 valence electrons. The van der Waals surface area contributed by atoms with Crippen molar-refractivity contribution in [2.45, 2.75) is 32.4 Å². The number of likely N-dealkylation sites (tertiary alicyclic amines) is 1. The lowest BCUT2D eigenvalue weighted by atomic mass is 10.2. The summed E-state index contributed by atoms with van der Waals surface area (Å²) in [6.45, 7) is 3.56. The monoisotopic (exact) mass is 337 g/mol. The van der Waals surface area contributed by atoms with Gasteiger partial charge in [-0.1, -0.05) is 0 Å². The molecule has 0 N–H and O–H groups in total. The van der Waals surface area contributed by atoms with E-state index < -0.39 is 0 Å². The molecule has 0 aromatic carbocycles. The van der Waals surface area contributed by atoms with Crippen molar-refractivity contribution in [2.24, 2.45) is 0 Å². The first-order valence-electron chi connectivity index (χ1n) is 6.67. The van der Waals surface area contributed by atoms with Crippen molar-refractivity contribution in [1.29, 1.82) is 0 Å². The molecule has 0 bridgehead atoms. The average Bonchev–Trinajstić information content (AvgIpc) is 3.11. The molecule has 1 atom stereocenters. The average molecular weight is 338 g/mol. The van der Waals surface area contributed by atoms with E-state index in [1.165, 1.54) is 6.26 Å². The SMILES string of the molecule is Cc1cnn(C[C@@H]2CCCN2C(=O)c2coc(Br)c2)c1. The third-order valence-electron chi connectivity index (χ3n) is 3.61. The molecule has 2 aromatic rings. The fourth-order valence-electron chi connectivity index (χ4n) is 2.66. The van der Waals surface area contributed by atoms with Crippen molar-refractivity contribution in [3.05, 3.63) is 40.5 Å². The van der Waals surface area contributed by atoms with Crippen molar-refractivity contribution < 1.29 is 9.21 Å². The predicted molar refractivity (Wildman–Crippen MR) is 77.4 cm³/mol. The molecule has 6 heteroatoms. The molecule has 0 spiro atoms. The number of aromatic nitrogens is 2. The van der Waals surface area contributed by atoms with Crippen LogP contribution in [-0.2, 0) is 6.54 Å². The van der Waals surface area contributed by atoms with E-state index in [1.807, 2.05) is 28.9 Å². The van der Waals surface area contributed by atoms with Gasteiger partial charge in [-0.05, 0) is 41.3 Å². The summed E-state index contributed by atoms with van der Waals surface area (Å²) in [5, 5.41) is 4.30. The summed E-state index contributed by atoms with van der Waals surface area (Å²) in [6.07, 6.45) is 7.41. The van der Waals surface area contributed by atoms with Crippen molar-refractivity contribution in [3.8, 4) is 0 Å². The number of rotatable bonds is 3. The minimum atomic E-state index is 0.0332. The van der Waals surface area contributed by atoms with Crippen LogP contribution in [0.3, 0.4) is 0 Å². The number of carbonyl (C=O) groups excluding carboxylic acids is 1. The fourth-order valence-corrected chi connectivity index (χ4v) is 3.00. The van der Waals surface area contributed by atoms with Crippen LogP contribution >= 0.6 is 15.9 Å². The molecule has 3 rings (SSSR count). The molecule has 1 aliphatic rings. The van der Waals surface area contributed by atoms with E-state index in [0.29, 0.717) is 10.2 Å². The van der Waals surface area contributed by atoms with Crippen molar-refractivity contribution in [3.63, 3.8) is 0 Å². The fraction of sp³-hybridized carbons (Fsp3) is 0.429. The van der Waals surface area contributed by atoms with Gasteiger partial charge in [-0.15, -0.1) is 0 Å². The van der Waals surface area contributed by atoms with Gasteiger partial charge in [-0.25, -0.2) is 0 Å². The van der Waals surface area contributed by atoms with Gasteiger partial charge in [0.05, 0.1) is 24.3 Å². The molecule has 3 heterocycles. The quantitative estimate of drug-likeness (QED) is 0.865. The number of halogens is 1. The highest BCUT2D eigenvalue weighted by Crippen LogP contribution is 2.23. The van der Waals surface area contributed by atoms with E-state index in [9.17, 15) is 4.79 Å². The largest absolute Gasteiger partial charge is 0.457 e. The molecule has 0 unspecified atom stereocenters. The van der Waals surface area contributed by atoms with Crippen LogP contribution in [0.5, 0.6) is 0 Å². The standard InChI is InChI=1S/C14H16BrN3O2/c1-10-6-16-17(7-10)8-12-3-2-4-18(12)14(19)11-5-13(15)20-9-11/h5-7,9,12H,2-4,8H2,1H3/t12-/m0/s1. The van der Waals surface area contributed by atoms with E-state index >= 15 is 0 Å². The molecule has 1 aliphatic heterocycles. The summed E-state index contributed by atoms with van der Waals surface area (Å²) in [6, 6.07) is 1.92. The summed E-state index contributed by atoms with van der Waals surface area (Å²) < 4.78 is 7.65. The second kappa shape index (κ2) is 5.44. The van der Waals surface area contributed by atoms with Gasteiger partial charge in [0.25, 0.3) is 5.91 Å². The Morgan fingerprint density at radius 3 is 3.10 bits per heavy atom. The highest BCUT2D eigenvalue weighted by atomic mass is 79.9. The number of amides is 1. The maximum absolute atomic E-state index is 12.5. The third-order valence-corrected chi connectivity index (χ3v) is 4.03. The molecule has 1 saturated heterocycles. The minimum Gasteiger partial charge on any atom is -0.457 e. The molecule has 1 fully saturated rings. The Bertz CT molecular complexity index is 619. The molecule has 1 amide bonds. The van der Waals surface area contributed by atoms with Crippen LogP contribution in [0, 0.1) is 6.92 Å². The summed E-state index contributed by atoms with van der Waals surface area (Å²) in [5.41, 5.74) is 1.74. The normalized spacial score (nSPS) is 18.7. The van der Waals surface area contributed by atoms with Crippen molar-refractivity contribution >= 4 is 21.8 Å². The second-order valence-electron chi connectivity index (χ2n) is 5.17. The predicted octanol–water partition coefficient (Wildman–Crippen LogP) is 2.85. The molecule has 5 nitrogen and oxygen atoms in total. The molecule has 2 aromatic heterocycles. The molecule has 0 radical (unpaired) electrons. The zero-order valence-corrected chi connectivity index (χ0v) is 12.8. The third kappa shape index (κ3) is 2.65. The number of hydrogen-bond acceptors (Lipinski definition) is 3. The lowest BCUT2D eigenvalue weighted by Crippen LogP contribution is -2.38. The van der Waals surface area contributed by atoms with Gasteiger partial charge >= 0.3 is 0 Å². The van der Waals surface area contributed by atoms with E-state index in [1.54, 1.807) is 6.07 Å². The highest BCUT2D eigenvalue weighted by Gasteiger charge is 2.30. The molecule has 0 aliphatic carbocycles. The van der Waals surface area contributed by atoms with Gasteiger partial charge in [0, 0.05) is 18.8 Å². The number of carbonyl (C=O) groups is 1. The lowest BCUT2D eigenvalue weighted by molar-refractivity contribution is 0.0721. The first kappa shape index (κ1) is 13.4. The smallest absolute Gasteiger partial charge is 0.257 e. The van der Waals surface area contributed by atoms with Gasteiger partial charge in [0.1, 0.15) is 6.26 Å². The number of nitrogens with zero attached hydrogens (tertiary/aromatic N) is 3. The maximum atomic E-state index is 12.5. The topological polar surface area (TPSA) is 51.3 Å². The maximum Gasteiger partial charge on any atom is 0.257 e. The molecular formula is C14H16BrN3O2. The second-order valence-corrected chi connectivity index (χ2v) is 5.96. The molecular weight excluding hydrogens is 322 g/mol. The van der Waals surface area contributed by atoms with Crippen molar-refractivity contribution in [2.75, 3.05) is 6.54 Å². The number of aryl methyl sites for hydroxylation is 1. The summed E-state index contributed by atoms with van der Waals surface area (Å²) >= 11 is 3.23.